The van der Waals surface area contributed by atoms with Crippen LogP contribution in [-0.2, 0) is 15.6 Å². The molecule has 1 aromatic carbocycles. The van der Waals surface area contributed by atoms with Gasteiger partial charge < -0.3 is 5.32 Å². The van der Waals surface area contributed by atoms with Crippen LogP contribution >= 0.6 is 11.3 Å². The van der Waals surface area contributed by atoms with Gasteiger partial charge in [-0.15, -0.1) is 11.3 Å². The largest absolute Gasteiger partial charge is 0.344 e. The van der Waals surface area contributed by atoms with Crippen molar-refractivity contribution in [3.05, 3.63) is 57.8 Å². The van der Waals surface area contributed by atoms with Crippen LogP contribution in [-0.4, -0.2) is 20.6 Å². The van der Waals surface area contributed by atoms with E-state index in [2.05, 4.69) is 19.2 Å². The third-order valence-corrected chi connectivity index (χ3v) is 5.23. The topological polar surface area (TPSA) is 63.2 Å². The van der Waals surface area contributed by atoms with Gasteiger partial charge in [0.2, 0.25) is 0 Å². The van der Waals surface area contributed by atoms with Crippen molar-refractivity contribution in [2.45, 2.75) is 25.6 Å². The number of hydrogen-bond donors (Lipinski definition) is 1. The lowest BCUT2D eigenvalue weighted by atomic mass is 10.0. The summed E-state index contributed by atoms with van der Waals surface area (Å²) in [5.74, 6) is 0.0105. The molecule has 0 spiro atoms. The standard InChI is InChI=1S/C17H21NO3S2/c1-12(2)16(15-8-5-9-22-15)18-17(19)14-7-4-6-13(10-14)11-23(3,20)21/h4-10,12,16H,11H2,1-3H3,(H,18,19)/t16-/m0/s1. The molecule has 23 heavy (non-hydrogen) atoms. The maximum Gasteiger partial charge on any atom is 0.251 e. The first-order valence-corrected chi connectivity index (χ1v) is 10.3. The van der Waals surface area contributed by atoms with Gasteiger partial charge in [0.15, 0.2) is 9.84 Å². The van der Waals surface area contributed by atoms with Crippen molar-refractivity contribution in [1.29, 1.82) is 0 Å². The molecule has 0 aliphatic carbocycles. The molecule has 4 nitrogen and oxygen atoms in total. The highest BCUT2D eigenvalue weighted by Gasteiger charge is 2.20. The van der Waals surface area contributed by atoms with Gasteiger partial charge in [-0.05, 0) is 35.1 Å². The summed E-state index contributed by atoms with van der Waals surface area (Å²) in [5, 5.41) is 5.04. The van der Waals surface area contributed by atoms with Crippen LogP contribution in [0.1, 0.15) is 40.7 Å². The Hall–Kier alpha value is -1.66. The second-order valence-corrected chi connectivity index (χ2v) is 9.10. The van der Waals surface area contributed by atoms with Crippen LogP contribution in [0.2, 0.25) is 0 Å². The molecule has 0 aliphatic heterocycles. The van der Waals surface area contributed by atoms with Crippen molar-refractivity contribution in [1.82, 2.24) is 5.32 Å². The summed E-state index contributed by atoms with van der Waals surface area (Å²) in [6.45, 7) is 4.12. The van der Waals surface area contributed by atoms with Crippen molar-refractivity contribution in [2.75, 3.05) is 6.26 Å². The molecule has 1 heterocycles. The zero-order valence-corrected chi connectivity index (χ0v) is 15.1. The second-order valence-electron chi connectivity index (χ2n) is 5.98. The van der Waals surface area contributed by atoms with Crippen molar-refractivity contribution in [3.63, 3.8) is 0 Å². The molecule has 0 saturated heterocycles. The Morgan fingerprint density at radius 1 is 1.22 bits per heavy atom. The second kappa shape index (κ2) is 7.27. The third kappa shape index (κ3) is 5.18. The lowest BCUT2D eigenvalue weighted by molar-refractivity contribution is 0.0926. The Labute approximate surface area is 141 Å². The van der Waals surface area contributed by atoms with Crippen molar-refractivity contribution in [2.24, 2.45) is 5.92 Å². The number of carbonyl (C=O) groups is 1. The minimum absolute atomic E-state index is 0.0546. The monoisotopic (exact) mass is 351 g/mol. The fraction of sp³-hybridized carbons (Fsp3) is 0.353. The molecule has 0 radical (unpaired) electrons. The van der Waals surface area contributed by atoms with E-state index in [9.17, 15) is 13.2 Å². The van der Waals surface area contributed by atoms with Gasteiger partial charge in [0.25, 0.3) is 5.91 Å². The first-order valence-electron chi connectivity index (χ1n) is 7.37. The van der Waals surface area contributed by atoms with Gasteiger partial charge in [0, 0.05) is 16.7 Å². The fourth-order valence-electron chi connectivity index (χ4n) is 2.36. The first-order chi connectivity index (χ1) is 10.8. The summed E-state index contributed by atoms with van der Waals surface area (Å²) in [7, 11) is -3.12. The molecule has 0 saturated carbocycles. The summed E-state index contributed by atoms with van der Waals surface area (Å²) in [5.41, 5.74) is 1.10. The van der Waals surface area contributed by atoms with E-state index >= 15 is 0 Å². The molecule has 6 heteroatoms. The molecule has 124 valence electrons. The van der Waals surface area contributed by atoms with Crippen molar-refractivity contribution >= 4 is 27.1 Å². The summed E-state index contributed by atoms with van der Waals surface area (Å²) >= 11 is 1.61. The summed E-state index contributed by atoms with van der Waals surface area (Å²) in [6.07, 6.45) is 1.19. The minimum Gasteiger partial charge on any atom is -0.344 e. The Kier molecular flexibility index (Phi) is 5.59. The molecule has 2 aromatic rings. The van der Waals surface area contributed by atoms with Crippen LogP contribution in [0.5, 0.6) is 0 Å². The van der Waals surface area contributed by atoms with Gasteiger partial charge in [-0.3, -0.25) is 4.79 Å². The SMILES string of the molecule is CC(C)[C@H](NC(=O)c1cccc(CS(C)(=O)=O)c1)c1cccs1. The van der Waals surface area contributed by atoms with Crippen LogP contribution < -0.4 is 5.32 Å². The number of carbonyl (C=O) groups excluding carboxylic acids is 1. The first kappa shape index (κ1) is 17.7. The van der Waals surface area contributed by atoms with E-state index in [1.807, 2.05) is 17.5 Å². The van der Waals surface area contributed by atoms with Gasteiger partial charge in [-0.25, -0.2) is 8.42 Å². The van der Waals surface area contributed by atoms with Crippen molar-refractivity contribution < 1.29 is 13.2 Å². The van der Waals surface area contributed by atoms with E-state index in [1.165, 1.54) is 6.26 Å². The Bertz CT molecular complexity index is 765. The van der Waals surface area contributed by atoms with Gasteiger partial charge in [0.05, 0.1) is 11.8 Å². The van der Waals surface area contributed by atoms with Crippen molar-refractivity contribution in [3.8, 4) is 0 Å². The molecule has 0 bridgehead atoms. The maximum atomic E-state index is 12.5. The van der Waals surface area contributed by atoms with E-state index in [1.54, 1.807) is 35.6 Å². The normalized spacial score (nSPS) is 13.0. The van der Waals surface area contributed by atoms with Gasteiger partial charge in [-0.1, -0.05) is 32.0 Å². The Morgan fingerprint density at radius 2 is 1.96 bits per heavy atom. The molecular formula is C17H21NO3S2. The highest BCUT2D eigenvalue weighted by Crippen LogP contribution is 2.26. The van der Waals surface area contributed by atoms with E-state index in [4.69, 9.17) is 0 Å². The predicted octanol–water partition coefficient (Wildman–Crippen LogP) is 3.42. The maximum absolute atomic E-state index is 12.5. The average molecular weight is 351 g/mol. The van der Waals surface area contributed by atoms with E-state index in [-0.39, 0.29) is 23.6 Å². The lowest BCUT2D eigenvalue weighted by Crippen LogP contribution is -2.31. The lowest BCUT2D eigenvalue weighted by Gasteiger charge is -2.21. The summed E-state index contributed by atoms with van der Waals surface area (Å²) < 4.78 is 22.8. The number of amides is 1. The van der Waals surface area contributed by atoms with Gasteiger partial charge >= 0.3 is 0 Å². The average Bonchev–Trinajstić information content (AvgIpc) is 2.96. The van der Waals surface area contributed by atoms with E-state index in [0.29, 0.717) is 11.1 Å². The molecule has 1 amide bonds. The highest BCUT2D eigenvalue weighted by atomic mass is 32.2. The van der Waals surface area contributed by atoms with Crippen LogP contribution in [0, 0.1) is 5.92 Å². The molecule has 0 aliphatic rings. The zero-order valence-electron chi connectivity index (χ0n) is 13.4. The smallest absolute Gasteiger partial charge is 0.251 e. The molecule has 1 atom stereocenters. The van der Waals surface area contributed by atoms with Gasteiger partial charge in [-0.2, -0.15) is 0 Å². The van der Waals surface area contributed by atoms with Crippen LogP contribution in [0.25, 0.3) is 0 Å². The van der Waals surface area contributed by atoms with E-state index in [0.717, 1.165) is 4.88 Å². The van der Waals surface area contributed by atoms with E-state index < -0.39 is 9.84 Å². The Balaban J connectivity index is 2.18. The minimum atomic E-state index is -3.12. The molecule has 0 fully saturated rings. The number of nitrogens with one attached hydrogen (secondary N) is 1. The Morgan fingerprint density at radius 3 is 2.52 bits per heavy atom. The number of sulfone groups is 1. The highest BCUT2D eigenvalue weighted by molar-refractivity contribution is 7.89. The fourth-order valence-corrected chi connectivity index (χ4v) is 4.10. The number of hydrogen-bond acceptors (Lipinski definition) is 4. The quantitative estimate of drug-likeness (QED) is 0.867. The molecular weight excluding hydrogens is 330 g/mol. The van der Waals surface area contributed by atoms with Crippen LogP contribution in [0.4, 0.5) is 0 Å². The van der Waals surface area contributed by atoms with Crippen LogP contribution in [0.15, 0.2) is 41.8 Å². The number of thiophene rings is 1. The van der Waals surface area contributed by atoms with Gasteiger partial charge in [0.1, 0.15) is 0 Å². The molecule has 1 N–H and O–H groups in total. The number of rotatable bonds is 6. The molecule has 1 aromatic heterocycles. The predicted molar refractivity (Wildman–Crippen MR) is 94.4 cm³/mol. The van der Waals surface area contributed by atoms with Crippen LogP contribution in [0.3, 0.4) is 0 Å². The number of benzene rings is 1. The third-order valence-electron chi connectivity index (χ3n) is 3.42. The molecule has 0 unspecified atom stereocenters. The summed E-state index contributed by atoms with van der Waals surface area (Å²) in [4.78, 5) is 13.6. The molecule has 2 rings (SSSR count). The summed E-state index contributed by atoms with van der Waals surface area (Å²) in [6, 6.07) is 10.7. The zero-order chi connectivity index (χ0) is 17.0.